The standard InChI is InChI=1S/C15H17ClN2O2/c16-5-1-8-20-12-3-4-13-11(9-12)10-14-15(19)17-6-2-7-18(13)14/h3-4,9-10H,1-2,5-8H2,(H,17,19). The van der Waals surface area contributed by atoms with E-state index in [9.17, 15) is 4.79 Å². The lowest BCUT2D eigenvalue weighted by Gasteiger charge is -2.07. The average molecular weight is 293 g/mol. The van der Waals surface area contributed by atoms with E-state index >= 15 is 0 Å². The van der Waals surface area contributed by atoms with Gasteiger partial charge in [0.05, 0.1) is 6.61 Å². The Bertz CT molecular complexity index is 636. The molecule has 0 atom stereocenters. The highest BCUT2D eigenvalue weighted by molar-refractivity contribution is 6.17. The summed E-state index contributed by atoms with van der Waals surface area (Å²) in [5.74, 6) is 1.43. The molecule has 2 heterocycles. The van der Waals surface area contributed by atoms with Crippen LogP contribution >= 0.6 is 11.6 Å². The van der Waals surface area contributed by atoms with Crippen LogP contribution < -0.4 is 10.1 Å². The second-order valence-corrected chi connectivity index (χ2v) is 5.28. The molecule has 1 aliphatic heterocycles. The maximum Gasteiger partial charge on any atom is 0.267 e. The molecular formula is C15H17ClN2O2. The summed E-state index contributed by atoms with van der Waals surface area (Å²) in [6.07, 6.45) is 1.78. The van der Waals surface area contributed by atoms with Gasteiger partial charge in [0.15, 0.2) is 0 Å². The Kier molecular flexibility index (Phi) is 3.83. The highest BCUT2D eigenvalue weighted by atomic mass is 35.5. The van der Waals surface area contributed by atoms with Crippen LogP contribution in [0.1, 0.15) is 23.3 Å². The molecule has 2 aromatic rings. The lowest BCUT2D eigenvalue weighted by atomic mass is 10.2. The van der Waals surface area contributed by atoms with Gasteiger partial charge in [-0.05, 0) is 37.1 Å². The summed E-state index contributed by atoms with van der Waals surface area (Å²) in [5.41, 5.74) is 1.82. The van der Waals surface area contributed by atoms with Gasteiger partial charge in [0, 0.05) is 29.9 Å². The monoisotopic (exact) mass is 292 g/mol. The normalized spacial score (nSPS) is 14.8. The molecule has 20 heavy (non-hydrogen) atoms. The zero-order valence-electron chi connectivity index (χ0n) is 11.2. The minimum Gasteiger partial charge on any atom is -0.494 e. The van der Waals surface area contributed by atoms with E-state index in [1.807, 2.05) is 24.3 Å². The van der Waals surface area contributed by atoms with Crippen LogP contribution in [-0.2, 0) is 6.54 Å². The second-order valence-electron chi connectivity index (χ2n) is 4.90. The van der Waals surface area contributed by atoms with Crippen molar-refractivity contribution < 1.29 is 9.53 Å². The number of aryl methyl sites for hydroxylation is 1. The Morgan fingerprint density at radius 2 is 2.25 bits per heavy atom. The third-order valence-corrected chi connectivity index (χ3v) is 3.76. The molecule has 0 radical (unpaired) electrons. The van der Waals surface area contributed by atoms with Gasteiger partial charge in [-0.2, -0.15) is 0 Å². The topological polar surface area (TPSA) is 43.3 Å². The highest BCUT2D eigenvalue weighted by Crippen LogP contribution is 2.26. The quantitative estimate of drug-likeness (QED) is 0.695. The van der Waals surface area contributed by atoms with Gasteiger partial charge >= 0.3 is 0 Å². The first kappa shape index (κ1) is 13.3. The number of hydrogen-bond donors (Lipinski definition) is 1. The summed E-state index contributed by atoms with van der Waals surface area (Å²) < 4.78 is 7.73. The van der Waals surface area contributed by atoms with Crippen molar-refractivity contribution in [3.8, 4) is 5.75 Å². The van der Waals surface area contributed by atoms with Gasteiger partial charge in [-0.25, -0.2) is 0 Å². The molecule has 0 fully saturated rings. The van der Waals surface area contributed by atoms with Crippen LogP contribution in [0.2, 0.25) is 0 Å². The third-order valence-electron chi connectivity index (χ3n) is 3.50. The fourth-order valence-electron chi connectivity index (χ4n) is 2.54. The minimum atomic E-state index is 0.00306. The first-order chi connectivity index (χ1) is 9.79. The predicted molar refractivity (Wildman–Crippen MR) is 79.7 cm³/mol. The van der Waals surface area contributed by atoms with E-state index in [1.165, 1.54) is 0 Å². The Balaban J connectivity index is 1.94. The van der Waals surface area contributed by atoms with Crippen LogP contribution in [0.15, 0.2) is 24.3 Å². The Hall–Kier alpha value is -1.68. The van der Waals surface area contributed by atoms with E-state index in [4.69, 9.17) is 16.3 Å². The molecular weight excluding hydrogens is 276 g/mol. The number of rotatable bonds is 4. The van der Waals surface area contributed by atoms with Gasteiger partial charge in [-0.1, -0.05) is 0 Å². The number of aromatic nitrogens is 1. The summed E-state index contributed by atoms with van der Waals surface area (Å²) in [6, 6.07) is 7.89. The predicted octanol–water partition coefficient (Wildman–Crippen LogP) is 2.78. The fraction of sp³-hybridized carbons (Fsp3) is 0.400. The van der Waals surface area contributed by atoms with Crippen molar-refractivity contribution in [3.63, 3.8) is 0 Å². The molecule has 0 bridgehead atoms. The molecule has 106 valence electrons. The van der Waals surface area contributed by atoms with Gasteiger partial charge < -0.3 is 14.6 Å². The van der Waals surface area contributed by atoms with Crippen LogP contribution in [-0.4, -0.2) is 29.5 Å². The molecule has 1 aliphatic rings. The van der Waals surface area contributed by atoms with E-state index in [0.717, 1.165) is 48.3 Å². The molecule has 1 N–H and O–H groups in total. The van der Waals surface area contributed by atoms with Gasteiger partial charge in [-0.3, -0.25) is 4.79 Å². The number of amides is 1. The van der Waals surface area contributed by atoms with Crippen LogP contribution in [0.5, 0.6) is 5.75 Å². The summed E-state index contributed by atoms with van der Waals surface area (Å²) in [4.78, 5) is 12.0. The van der Waals surface area contributed by atoms with Crippen molar-refractivity contribution in [3.05, 3.63) is 30.0 Å². The van der Waals surface area contributed by atoms with Crippen molar-refractivity contribution in [2.75, 3.05) is 19.0 Å². The number of carbonyl (C=O) groups is 1. The molecule has 1 amide bonds. The van der Waals surface area contributed by atoms with E-state index < -0.39 is 0 Å². The first-order valence-corrected chi connectivity index (χ1v) is 7.43. The maximum atomic E-state index is 12.0. The van der Waals surface area contributed by atoms with E-state index in [2.05, 4.69) is 9.88 Å². The van der Waals surface area contributed by atoms with E-state index in [0.29, 0.717) is 12.5 Å². The maximum absolute atomic E-state index is 12.0. The van der Waals surface area contributed by atoms with Crippen LogP contribution in [0.4, 0.5) is 0 Å². The summed E-state index contributed by atoms with van der Waals surface area (Å²) in [7, 11) is 0. The van der Waals surface area contributed by atoms with E-state index in [-0.39, 0.29) is 5.91 Å². The molecule has 1 aromatic heterocycles. The minimum absolute atomic E-state index is 0.00306. The molecule has 0 aliphatic carbocycles. The van der Waals surface area contributed by atoms with Crippen molar-refractivity contribution in [2.24, 2.45) is 0 Å². The average Bonchev–Trinajstić information content (AvgIpc) is 2.72. The molecule has 0 spiro atoms. The summed E-state index contributed by atoms with van der Waals surface area (Å²) in [6.45, 7) is 2.22. The Labute approximate surface area is 122 Å². The molecule has 0 saturated carbocycles. The Morgan fingerprint density at radius 1 is 1.35 bits per heavy atom. The molecule has 0 unspecified atom stereocenters. The second kappa shape index (κ2) is 5.75. The number of ether oxygens (including phenoxy) is 1. The smallest absolute Gasteiger partial charge is 0.267 e. The number of nitrogens with zero attached hydrogens (tertiary/aromatic N) is 1. The van der Waals surface area contributed by atoms with Crippen LogP contribution in [0, 0.1) is 0 Å². The number of carbonyl (C=O) groups excluding carboxylic acids is 1. The van der Waals surface area contributed by atoms with Gasteiger partial charge in [0.2, 0.25) is 0 Å². The number of hydrogen-bond acceptors (Lipinski definition) is 2. The van der Waals surface area contributed by atoms with Crippen LogP contribution in [0.3, 0.4) is 0 Å². The number of nitrogens with one attached hydrogen (secondary N) is 1. The number of alkyl halides is 1. The van der Waals surface area contributed by atoms with Crippen molar-refractivity contribution in [2.45, 2.75) is 19.4 Å². The van der Waals surface area contributed by atoms with Crippen molar-refractivity contribution in [1.82, 2.24) is 9.88 Å². The largest absolute Gasteiger partial charge is 0.494 e. The summed E-state index contributed by atoms with van der Waals surface area (Å²) in [5, 5.41) is 3.95. The molecule has 5 heteroatoms. The molecule has 3 rings (SSSR count). The van der Waals surface area contributed by atoms with Gasteiger partial charge in [0.25, 0.3) is 5.91 Å². The fourth-order valence-corrected chi connectivity index (χ4v) is 2.65. The molecule has 1 aromatic carbocycles. The molecule has 4 nitrogen and oxygen atoms in total. The van der Waals surface area contributed by atoms with Crippen LogP contribution in [0.25, 0.3) is 10.9 Å². The lowest BCUT2D eigenvalue weighted by molar-refractivity contribution is 0.0951. The van der Waals surface area contributed by atoms with E-state index in [1.54, 1.807) is 0 Å². The number of benzene rings is 1. The zero-order chi connectivity index (χ0) is 13.9. The van der Waals surface area contributed by atoms with Crippen molar-refractivity contribution >= 4 is 28.4 Å². The zero-order valence-corrected chi connectivity index (χ0v) is 11.9. The molecule has 0 saturated heterocycles. The Morgan fingerprint density at radius 3 is 3.10 bits per heavy atom. The van der Waals surface area contributed by atoms with Gasteiger partial charge in [0.1, 0.15) is 11.4 Å². The summed E-state index contributed by atoms with van der Waals surface area (Å²) >= 11 is 5.64. The van der Waals surface area contributed by atoms with Crippen molar-refractivity contribution in [1.29, 1.82) is 0 Å². The first-order valence-electron chi connectivity index (χ1n) is 6.90. The van der Waals surface area contributed by atoms with Gasteiger partial charge in [-0.15, -0.1) is 11.6 Å². The highest BCUT2D eigenvalue weighted by Gasteiger charge is 2.18. The number of halogens is 1. The SMILES string of the molecule is O=C1NCCCn2c1cc1cc(OCCCCl)ccc12. The third kappa shape index (κ3) is 2.48. The number of fused-ring (bicyclic) bond motifs is 3. The lowest BCUT2D eigenvalue weighted by Crippen LogP contribution is -2.22.